The van der Waals surface area contributed by atoms with Gasteiger partial charge < -0.3 is 26.6 Å². The van der Waals surface area contributed by atoms with Crippen molar-refractivity contribution < 1.29 is 15.0 Å². The summed E-state index contributed by atoms with van der Waals surface area (Å²) in [4.78, 5) is 20.8. The van der Waals surface area contributed by atoms with Gasteiger partial charge in [-0.3, -0.25) is 0 Å². The first-order valence-electron chi connectivity index (χ1n) is 10.8. The smallest absolute Gasteiger partial charge is 0.345 e. The standard InChI is InChI=1S/C18H18N4O3S.C7H8ClN/c23-9-8-19-11-12-2-1-3-13(10-12)21-18-20-7-6-14(22-18)15-4-5-16(26-15)17(24)25;8-7-3-1-6(5-9)2-4-7/h1-7,10,19,23H,8-9,11H2,(H,24,25)(H,20,21,22);1-4H,5,9H2. The molecular formula is C25H26ClN5O3S. The second-order valence-corrected chi connectivity index (χ2v) is 8.81. The third-order valence-corrected chi connectivity index (χ3v) is 6.02. The molecule has 2 aromatic heterocycles. The van der Waals surface area contributed by atoms with Gasteiger partial charge in [0.1, 0.15) is 4.88 Å². The first kappa shape index (κ1) is 26.3. The van der Waals surface area contributed by atoms with Gasteiger partial charge in [-0.15, -0.1) is 11.3 Å². The molecule has 2 heterocycles. The number of aromatic nitrogens is 2. The number of nitrogens with one attached hydrogen (secondary N) is 2. The van der Waals surface area contributed by atoms with Crippen LogP contribution in [0, 0.1) is 0 Å². The fourth-order valence-electron chi connectivity index (χ4n) is 2.97. The van der Waals surface area contributed by atoms with Crippen molar-refractivity contribution in [2.75, 3.05) is 18.5 Å². The van der Waals surface area contributed by atoms with Crippen molar-refractivity contribution in [3.8, 4) is 10.6 Å². The summed E-state index contributed by atoms with van der Waals surface area (Å²) in [5, 5.41) is 24.9. The Morgan fingerprint density at radius 2 is 1.86 bits per heavy atom. The summed E-state index contributed by atoms with van der Waals surface area (Å²) in [5.74, 6) is -0.506. The minimum Gasteiger partial charge on any atom is -0.477 e. The van der Waals surface area contributed by atoms with Gasteiger partial charge >= 0.3 is 5.97 Å². The van der Waals surface area contributed by atoms with E-state index in [0.29, 0.717) is 31.3 Å². The Kier molecular flexibility index (Phi) is 10.1. The van der Waals surface area contributed by atoms with Crippen LogP contribution in [-0.2, 0) is 13.1 Å². The highest BCUT2D eigenvalue weighted by Gasteiger charge is 2.10. The molecule has 0 fully saturated rings. The maximum Gasteiger partial charge on any atom is 0.345 e. The average Bonchev–Trinajstić information content (AvgIpc) is 3.37. The molecule has 0 spiro atoms. The molecule has 4 rings (SSSR count). The van der Waals surface area contributed by atoms with Gasteiger partial charge in [0, 0.05) is 36.5 Å². The number of nitrogens with two attached hydrogens (primary N) is 1. The first-order valence-corrected chi connectivity index (χ1v) is 12.0. The molecule has 8 nitrogen and oxygen atoms in total. The van der Waals surface area contributed by atoms with Gasteiger partial charge in [-0.05, 0) is 53.6 Å². The molecule has 0 bridgehead atoms. The van der Waals surface area contributed by atoms with Gasteiger partial charge in [0.05, 0.1) is 17.2 Å². The summed E-state index contributed by atoms with van der Waals surface area (Å²) in [6.07, 6.45) is 1.64. The highest BCUT2D eigenvalue weighted by atomic mass is 35.5. The van der Waals surface area contributed by atoms with E-state index in [4.69, 9.17) is 27.5 Å². The van der Waals surface area contributed by atoms with Gasteiger partial charge in [0.25, 0.3) is 0 Å². The summed E-state index contributed by atoms with van der Waals surface area (Å²) >= 11 is 6.80. The lowest BCUT2D eigenvalue weighted by atomic mass is 10.2. The quantitative estimate of drug-likeness (QED) is 0.207. The van der Waals surface area contributed by atoms with Crippen molar-refractivity contribution >= 4 is 40.5 Å². The Morgan fingerprint density at radius 3 is 2.54 bits per heavy atom. The number of carbonyl (C=O) groups is 1. The van der Waals surface area contributed by atoms with E-state index < -0.39 is 5.97 Å². The van der Waals surface area contributed by atoms with Crippen molar-refractivity contribution in [3.63, 3.8) is 0 Å². The second kappa shape index (κ2) is 13.5. The fraction of sp³-hybridized carbons (Fsp3) is 0.160. The minimum atomic E-state index is -0.944. The van der Waals surface area contributed by atoms with Crippen molar-refractivity contribution in [1.82, 2.24) is 15.3 Å². The van der Waals surface area contributed by atoms with Crippen LogP contribution >= 0.6 is 22.9 Å². The maximum absolute atomic E-state index is 11.0. The van der Waals surface area contributed by atoms with Crippen LogP contribution in [0.3, 0.4) is 0 Å². The van der Waals surface area contributed by atoms with Crippen LogP contribution < -0.4 is 16.4 Å². The molecule has 0 saturated carbocycles. The Hall–Kier alpha value is -3.34. The van der Waals surface area contributed by atoms with Crippen LogP contribution in [0.1, 0.15) is 20.8 Å². The van der Waals surface area contributed by atoms with Gasteiger partial charge in [0.15, 0.2) is 0 Å². The maximum atomic E-state index is 11.0. The number of aliphatic hydroxyl groups is 1. The lowest BCUT2D eigenvalue weighted by molar-refractivity contribution is 0.0702. The van der Waals surface area contributed by atoms with Crippen molar-refractivity contribution in [3.05, 3.63) is 94.0 Å². The number of thiophene rings is 1. The van der Waals surface area contributed by atoms with E-state index in [1.165, 1.54) is 11.3 Å². The van der Waals surface area contributed by atoms with E-state index in [9.17, 15) is 4.79 Å². The number of carboxylic acid groups (broad SMARTS) is 1. The van der Waals surface area contributed by atoms with Crippen LogP contribution in [0.4, 0.5) is 11.6 Å². The highest BCUT2D eigenvalue weighted by molar-refractivity contribution is 7.17. The number of halogens is 1. The third-order valence-electron chi connectivity index (χ3n) is 4.67. The number of aliphatic hydroxyl groups excluding tert-OH is 1. The summed E-state index contributed by atoms with van der Waals surface area (Å²) in [7, 11) is 0. The number of benzene rings is 2. The van der Waals surface area contributed by atoms with Crippen molar-refractivity contribution in [2.24, 2.45) is 5.73 Å². The molecule has 0 aliphatic heterocycles. The molecule has 0 unspecified atom stereocenters. The molecule has 0 amide bonds. The van der Waals surface area contributed by atoms with Crippen LogP contribution in [0.15, 0.2) is 72.9 Å². The number of hydrogen-bond acceptors (Lipinski definition) is 8. The van der Waals surface area contributed by atoms with E-state index in [2.05, 4.69) is 20.6 Å². The normalized spacial score (nSPS) is 10.4. The molecule has 0 aliphatic carbocycles. The predicted molar refractivity (Wildman–Crippen MR) is 140 cm³/mol. The zero-order valence-electron chi connectivity index (χ0n) is 18.8. The van der Waals surface area contributed by atoms with E-state index in [1.54, 1.807) is 24.4 Å². The zero-order valence-corrected chi connectivity index (χ0v) is 20.4. The number of anilines is 2. The monoisotopic (exact) mass is 511 g/mol. The third kappa shape index (κ3) is 8.43. The molecule has 0 radical (unpaired) electrons. The zero-order chi connectivity index (χ0) is 25.0. The lowest BCUT2D eigenvalue weighted by Gasteiger charge is -2.08. The largest absolute Gasteiger partial charge is 0.477 e. The van der Waals surface area contributed by atoms with E-state index in [-0.39, 0.29) is 11.5 Å². The lowest BCUT2D eigenvalue weighted by Crippen LogP contribution is -2.17. The molecule has 10 heteroatoms. The fourth-order valence-corrected chi connectivity index (χ4v) is 3.91. The highest BCUT2D eigenvalue weighted by Crippen LogP contribution is 2.27. The molecule has 0 atom stereocenters. The Labute approximate surface area is 212 Å². The van der Waals surface area contributed by atoms with Gasteiger partial charge in [-0.25, -0.2) is 14.8 Å². The van der Waals surface area contributed by atoms with E-state index >= 15 is 0 Å². The van der Waals surface area contributed by atoms with Gasteiger partial charge in [-0.1, -0.05) is 35.9 Å². The summed E-state index contributed by atoms with van der Waals surface area (Å²) < 4.78 is 0. The van der Waals surface area contributed by atoms with E-state index in [0.717, 1.165) is 26.7 Å². The summed E-state index contributed by atoms with van der Waals surface area (Å²) in [5.41, 5.74) is 9.06. The number of aromatic carboxylic acids is 1. The van der Waals surface area contributed by atoms with Crippen LogP contribution in [0.5, 0.6) is 0 Å². The Bertz CT molecular complexity index is 1230. The molecule has 0 saturated heterocycles. The molecule has 6 N–H and O–H groups in total. The van der Waals surface area contributed by atoms with Crippen LogP contribution in [0.25, 0.3) is 10.6 Å². The predicted octanol–water partition coefficient (Wildman–Crippen LogP) is 4.53. The first-order chi connectivity index (χ1) is 17.0. The van der Waals surface area contributed by atoms with Crippen LogP contribution in [-0.4, -0.2) is 39.3 Å². The molecule has 35 heavy (non-hydrogen) atoms. The minimum absolute atomic E-state index is 0.102. The Balaban J connectivity index is 0.000000320. The molecule has 2 aromatic carbocycles. The van der Waals surface area contributed by atoms with Crippen LogP contribution in [0.2, 0.25) is 5.02 Å². The summed E-state index contributed by atoms with van der Waals surface area (Å²) in [6.45, 7) is 1.88. The van der Waals surface area contributed by atoms with Gasteiger partial charge in [-0.2, -0.15) is 0 Å². The second-order valence-electron chi connectivity index (χ2n) is 7.29. The number of nitrogens with zero attached hydrogens (tertiary/aromatic N) is 2. The number of carboxylic acids is 1. The molecule has 182 valence electrons. The average molecular weight is 512 g/mol. The van der Waals surface area contributed by atoms with Crippen molar-refractivity contribution in [2.45, 2.75) is 13.1 Å². The number of rotatable bonds is 9. The van der Waals surface area contributed by atoms with Crippen molar-refractivity contribution in [1.29, 1.82) is 0 Å². The molecular weight excluding hydrogens is 486 g/mol. The topological polar surface area (TPSA) is 133 Å². The molecule has 0 aliphatic rings. The van der Waals surface area contributed by atoms with Gasteiger partial charge in [0.2, 0.25) is 5.95 Å². The summed E-state index contributed by atoms with van der Waals surface area (Å²) in [6, 6.07) is 20.4. The molecule has 4 aromatic rings. The van der Waals surface area contributed by atoms with E-state index in [1.807, 2.05) is 48.5 Å². The number of hydrogen-bond donors (Lipinski definition) is 5. The SMILES string of the molecule is NCc1ccc(Cl)cc1.O=C(O)c1ccc(-c2ccnc(Nc3cccc(CNCCO)c3)n2)s1. The Morgan fingerprint density at radius 1 is 1.06 bits per heavy atom.